The summed E-state index contributed by atoms with van der Waals surface area (Å²) in [5.41, 5.74) is 2.39. The maximum absolute atomic E-state index is 12.3. The lowest BCUT2D eigenvalue weighted by Crippen LogP contribution is -2.41. The van der Waals surface area contributed by atoms with Crippen molar-refractivity contribution in [2.45, 2.75) is 59.2 Å². The molecule has 0 saturated carbocycles. The first-order valence-corrected chi connectivity index (χ1v) is 8.39. The Balaban J connectivity index is 1.87. The van der Waals surface area contributed by atoms with E-state index in [-0.39, 0.29) is 24.2 Å². The van der Waals surface area contributed by atoms with Gasteiger partial charge in [0, 0.05) is 12.2 Å². The van der Waals surface area contributed by atoms with E-state index in [1.807, 2.05) is 44.7 Å². The Morgan fingerprint density at radius 3 is 2.35 bits per heavy atom. The molecule has 1 aromatic carbocycles. The maximum atomic E-state index is 12.3. The minimum Gasteiger partial charge on any atom is -0.399 e. The molecule has 3 rings (SSSR count). The van der Waals surface area contributed by atoms with Crippen LogP contribution in [0.3, 0.4) is 0 Å². The van der Waals surface area contributed by atoms with Gasteiger partial charge in [-0.2, -0.15) is 0 Å². The molecule has 1 aromatic rings. The van der Waals surface area contributed by atoms with Crippen LogP contribution in [0.5, 0.6) is 0 Å². The van der Waals surface area contributed by atoms with Gasteiger partial charge in [-0.3, -0.25) is 4.79 Å². The van der Waals surface area contributed by atoms with Crippen LogP contribution in [0.4, 0.5) is 5.69 Å². The minimum absolute atomic E-state index is 0.180. The molecule has 0 bridgehead atoms. The van der Waals surface area contributed by atoms with Crippen molar-refractivity contribution in [3.05, 3.63) is 23.8 Å². The van der Waals surface area contributed by atoms with Gasteiger partial charge in [0.1, 0.15) is 0 Å². The number of carbonyl (C=O) groups is 1. The van der Waals surface area contributed by atoms with Crippen LogP contribution in [0, 0.1) is 5.92 Å². The Labute approximate surface area is 139 Å². The van der Waals surface area contributed by atoms with Crippen molar-refractivity contribution >= 4 is 24.2 Å². The highest BCUT2D eigenvalue weighted by atomic mass is 16.7. The third-order valence-electron chi connectivity index (χ3n) is 5.11. The fraction of sp³-hybridized carbons (Fsp3) is 0.611. The first kappa shape index (κ1) is 16.5. The Kier molecular flexibility index (Phi) is 3.85. The Morgan fingerprint density at radius 1 is 1.17 bits per heavy atom. The van der Waals surface area contributed by atoms with Crippen LogP contribution in [-0.2, 0) is 20.5 Å². The molecular formula is C18H26BNO3. The van der Waals surface area contributed by atoms with Gasteiger partial charge in [0.25, 0.3) is 0 Å². The van der Waals surface area contributed by atoms with Gasteiger partial charge < -0.3 is 14.2 Å². The van der Waals surface area contributed by atoms with Crippen molar-refractivity contribution in [2.24, 2.45) is 5.92 Å². The summed E-state index contributed by atoms with van der Waals surface area (Å²) in [5, 5.41) is 0. The number of carbonyl (C=O) groups excluding carboxylic acids is 1. The van der Waals surface area contributed by atoms with E-state index in [0.717, 1.165) is 23.3 Å². The van der Waals surface area contributed by atoms with E-state index in [1.54, 1.807) is 0 Å². The van der Waals surface area contributed by atoms with Gasteiger partial charge in [-0.05, 0) is 50.7 Å². The molecule has 0 atom stereocenters. The summed E-state index contributed by atoms with van der Waals surface area (Å²) in [6.07, 6.45) is 0.468. The largest absolute Gasteiger partial charge is 0.494 e. The molecular weight excluding hydrogens is 289 g/mol. The molecule has 0 spiro atoms. The topological polar surface area (TPSA) is 38.8 Å². The third-order valence-corrected chi connectivity index (χ3v) is 5.11. The van der Waals surface area contributed by atoms with Crippen molar-refractivity contribution in [3.8, 4) is 0 Å². The molecule has 23 heavy (non-hydrogen) atoms. The molecule has 0 N–H and O–H groups in total. The van der Waals surface area contributed by atoms with E-state index in [4.69, 9.17) is 9.31 Å². The van der Waals surface area contributed by atoms with E-state index < -0.39 is 0 Å². The number of anilines is 1. The van der Waals surface area contributed by atoms with Crippen LogP contribution >= 0.6 is 0 Å². The van der Waals surface area contributed by atoms with Crippen LogP contribution in [0.2, 0.25) is 0 Å². The molecule has 2 aliphatic heterocycles. The molecule has 0 aromatic heterocycles. The van der Waals surface area contributed by atoms with Crippen LogP contribution in [-0.4, -0.2) is 30.8 Å². The number of amides is 1. The van der Waals surface area contributed by atoms with Gasteiger partial charge in [0.15, 0.2) is 0 Å². The Morgan fingerprint density at radius 2 is 1.78 bits per heavy atom. The number of nitrogens with zero attached hydrogens (tertiary/aromatic N) is 1. The van der Waals surface area contributed by atoms with Crippen LogP contribution in [0.15, 0.2) is 18.2 Å². The smallest absolute Gasteiger partial charge is 0.399 e. The van der Waals surface area contributed by atoms with E-state index in [0.29, 0.717) is 12.3 Å². The number of benzene rings is 1. The third kappa shape index (κ3) is 2.81. The predicted octanol–water partition coefficient (Wildman–Crippen LogP) is 2.53. The zero-order valence-corrected chi connectivity index (χ0v) is 15.0. The SMILES string of the molecule is CC(C)CN1C(=O)Cc2cc(B3OC(C)(C)C(C)(C)O3)ccc21. The second kappa shape index (κ2) is 5.35. The van der Waals surface area contributed by atoms with Gasteiger partial charge in [0.05, 0.1) is 17.6 Å². The number of hydrogen-bond acceptors (Lipinski definition) is 3. The molecule has 4 nitrogen and oxygen atoms in total. The summed E-state index contributed by atoms with van der Waals surface area (Å²) in [6.45, 7) is 13.2. The maximum Gasteiger partial charge on any atom is 0.494 e. The zero-order chi connectivity index (χ0) is 17.0. The summed E-state index contributed by atoms with van der Waals surface area (Å²) < 4.78 is 12.2. The molecule has 2 heterocycles. The summed E-state index contributed by atoms with van der Waals surface area (Å²) >= 11 is 0. The molecule has 1 amide bonds. The van der Waals surface area contributed by atoms with Crippen molar-refractivity contribution in [3.63, 3.8) is 0 Å². The molecule has 1 saturated heterocycles. The van der Waals surface area contributed by atoms with E-state index in [2.05, 4.69) is 19.9 Å². The molecule has 124 valence electrons. The number of fused-ring (bicyclic) bond motifs is 1. The first-order valence-electron chi connectivity index (χ1n) is 8.39. The quantitative estimate of drug-likeness (QED) is 0.805. The molecule has 5 heteroatoms. The van der Waals surface area contributed by atoms with Crippen molar-refractivity contribution in [1.29, 1.82) is 0 Å². The van der Waals surface area contributed by atoms with Crippen LogP contribution in [0.1, 0.15) is 47.1 Å². The van der Waals surface area contributed by atoms with E-state index >= 15 is 0 Å². The van der Waals surface area contributed by atoms with Crippen molar-refractivity contribution in [2.75, 3.05) is 11.4 Å². The second-order valence-corrected chi connectivity index (χ2v) is 8.05. The predicted molar refractivity (Wildman–Crippen MR) is 93.1 cm³/mol. The lowest BCUT2D eigenvalue weighted by molar-refractivity contribution is -0.117. The molecule has 0 unspecified atom stereocenters. The monoisotopic (exact) mass is 315 g/mol. The zero-order valence-electron chi connectivity index (χ0n) is 15.0. The molecule has 2 aliphatic rings. The number of hydrogen-bond donors (Lipinski definition) is 0. The molecule has 0 radical (unpaired) electrons. The van der Waals surface area contributed by atoms with E-state index in [1.165, 1.54) is 0 Å². The number of rotatable bonds is 3. The summed E-state index contributed by atoms with van der Waals surface area (Å²) in [4.78, 5) is 14.2. The lowest BCUT2D eigenvalue weighted by Gasteiger charge is -2.32. The van der Waals surface area contributed by atoms with Gasteiger partial charge in [-0.1, -0.05) is 26.0 Å². The average molecular weight is 315 g/mol. The van der Waals surface area contributed by atoms with E-state index in [9.17, 15) is 4.79 Å². The standard InChI is InChI=1S/C18H26BNO3/c1-12(2)11-20-15-8-7-14(9-13(15)10-16(20)21)19-22-17(3,4)18(5,6)23-19/h7-9,12H,10-11H2,1-6H3. The normalized spacial score (nSPS) is 22.1. The minimum atomic E-state index is -0.375. The Bertz CT molecular complexity index is 623. The van der Waals surface area contributed by atoms with Gasteiger partial charge >= 0.3 is 7.12 Å². The van der Waals surface area contributed by atoms with Gasteiger partial charge in [0.2, 0.25) is 5.91 Å². The molecule has 1 fully saturated rings. The fourth-order valence-electron chi connectivity index (χ4n) is 3.09. The summed E-state index contributed by atoms with van der Waals surface area (Å²) in [7, 11) is -0.375. The fourth-order valence-corrected chi connectivity index (χ4v) is 3.09. The molecule has 0 aliphatic carbocycles. The highest BCUT2D eigenvalue weighted by molar-refractivity contribution is 6.62. The highest BCUT2D eigenvalue weighted by Gasteiger charge is 2.51. The highest BCUT2D eigenvalue weighted by Crippen LogP contribution is 2.37. The lowest BCUT2D eigenvalue weighted by atomic mass is 9.78. The Hall–Kier alpha value is -1.33. The van der Waals surface area contributed by atoms with Crippen LogP contribution in [0.25, 0.3) is 0 Å². The first-order chi connectivity index (χ1) is 10.6. The van der Waals surface area contributed by atoms with Crippen molar-refractivity contribution in [1.82, 2.24) is 0 Å². The van der Waals surface area contributed by atoms with Crippen molar-refractivity contribution < 1.29 is 14.1 Å². The summed E-state index contributed by atoms with van der Waals surface area (Å²) in [6, 6.07) is 6.12. The van der Waals surface area contributed by atoms with Gasteiger partial charge in [-0.25, -0.2) is 0 Å². The van der Waals surface area contributed by atoms with Gasteiger partial charge in [-0.15, -0.1) is 0 Å². The average Bonchev–Trinajstić information content (AvgIpc) is 2.83. The second-order valence-electron chi connectivity index (χ2n) is 8.05. The van der Waals surface area contributed by atoms with Crippen LogP contribution < -0.4 is 10.4 Å². The summed E-state index contributed by atoms with van der Waals surface area (Å²) in [5.74, 6) is 0.632.